The average molecular weight is 537 g/mol. The number of ketones is 1. The first-order chi connectivity index (χ1) is 18.1. The summed E-state index contributed by atoms with van der Waals surface area (Å²) in [5.41, 5.74) is 9.46. The van der Waals surface area contributed by atoms with E-state index in [1.807, 2.05) is 31.2 Å². The Kier molecular flexibility index (Phi) is 11.5. The molecule has 3 N–H and O–H groups in total. The maximum atomic E-state index is 13.4. The third kappa shape index (κ3) is 8.45. The van der Waals surface area contributed by atoms with Crippen molar-refractivity contribution in [3.8, 4) is 0 Å². The number of nitrogens with two attached hydrogens (primary N) is 1. The average Bonchev–Trinajstić information content (AvgIpc) is 2.88. The lowest BCUT2D eigenvalue weighted by Crippen LogP contribution is -2.40. The predicted molar refractivity (Wildman–Crippen MR) is 153 cm³/mol. The molecule has 9 heteroatoms. The fourth-order valence-electron chi connectivity index (χ4n) is 3.67. The van der Waals surface area contributed by atoms with E-state index in [4.69, 9.17) is 22.1 Å². The number of methoxy groups -OCH3 is 1. The molecule has 0 fully saturated rings. The smallest absolute Gasteiger partial charge is 0.247 e. The fraction of sp³-hybridized carbons (Fsp3) is 0.241. The number of likely N-dealkylation sites (N-methyl/N-ethyl adjacent to an activating group) is 1. The Labute approximate surface area is 228 Å². The number of aldehydes is 1. The first-order valence-electron chi connectivity index (χ1n) is 11.8. The van der Waals surface area contributed by atoms with Crippen molar-refractivity contribution < 1.29 is 19.1 Å². The highest BCUT2D eigenvalue weighted by atomic mass is 35.5. The van der Waals surface area contributed by atoms with Gasteiger partial charge in [0.2, 0.25) is 5.91 Å². The minimum atomic E-state index is -0.757. The largest absolute Gasteiger partial charge is 0.495 e. The number of anilines is 1. The zero-order valence-corrected chi connectivity index (χ0v) is 23.0. The van der Waals surface area contributed by atoms with Crippen molar-refractivity contribution in [2.24, 2.45) is 10.7 Å². The van der Waals surface area contributed by atoms with Crippen LogP contribution in [-0.2, 0) is 14.3 Å². The van der Waals surface area contributed by atoms with Gasteiger partial charge in [-0.1, -0.05) is 29.3 Å². The third-order valence-corrected chi connectivity index (χ3v) is 5.91. The summed E-state index contributed by atoms with van der Waals surface area (Å²) in [4.78, 5) is 42.8. The number of benzene rings is 2. The number of aryl methyl sites for hydroxylation is 1. The van der Waals surface area contributed by atoms with Crippen molar-refractivity contribution in [2.45, 2.75) is 26.3 Å². The van der Waals surface area contributed by atoms with Crippen LogP contribution in [0.1, 0.15) is 34.8 Å². The minimum Gasteiger partial charge on any atom is -0.495 e. The van der Waals surface area contributed by atoms with Gasteiger partial charge in [-0.3, -0.25) is 19.4 Å². The maximum absolute atomic E-state index is 13.4. The molecule has 0 radical (unpaired) electrons. The van der Waals surface area contributed by atoms with Crippen LogP contribution in [0.25, 0.3) is 5.57 Å². The normalized spacial score (nSPS) is 13.3. The molecule has 0 aliphatic heterocycles. The van der Waals surface area contributed by atoms with Crippen LogP contribution in [0.3, 0.4) is 0 Å². The number of hydrogen-bond donors (Lipinski definition) is 2. The number of aliphatic imine (C=N–C) groups is 1. The molecule has 0 bridgehead atoms. The molecule has 1 amide bonds. The highest BCUT2D eigenvalue weighted by molar-refractivity contribution is 6.31. The van der Waals surface area contributed by atoms with Gasteiger partial charge < -0.3 is 20.7 Å². The van der Waals surface area contributed by atoms with E-state index in [0.717, 1.165) is 5.56 Å². The van der Waals surface area contributed by atoms with Gasteiger partial charge in [0.05, 0.1) is 7.11 Å². The van der Waals surface area contributed by atoms with Crippen molar-refractivity contribution in [3.63, 3.8) is 0 Å². The zero-order chi connectivity index (χ0) is 28.2. The van der Waals surface area contributed by atoms with E-state index < -0.39 is 6.04 Å². The van der Waals surface area contributed by atoms with E-state index in [9.17, 15) is 14.4 Å². The molecule has 0 spiro atoms. The summed E-state index contributed by atoms with van der Waals surface area (Å²) < 4.78 is 5.64. The molecule has 0 saturated carbocycles. The molecular weight excluding hydrogens is 504 g/mol. The van der Waals surface area contributed by atoms with Crippen LogP contribution < -0.4 is 11.1 Å². The minimum absolute atomic E-state index is 0.177. The van der Waals surface area contributed by atoms with Crippen molar-refractivity contribution in [3.05, 3.63) is 94.0 Å². The Balaban J connectivity index is 2.54. The van der Waals surface area contributed by atoms with Crippen molar-refractivity contribution >= 4 is 47.1 Å². The van der Waals surface area contributed by atoms with Crippen LogP contribution in [0.4, 0.5) is 5.69 Å². The number of nitrogens with one attached hydrogen (secondary N) is 1. The monoisotopic (exact) mass is 536 g/mol. The van der Waals surface area contributed by atoms with Crippen LogP contribution in [0.15, 0.2) is 77.3 Å². The maximum Gasteiger partial charge on any atom is 0.247 e. The van der Waals surface area contributed by atoms with E-state index >= 15 is 0 Å². The number of carbonyl (C=O) groups excluding carboxylic acids is 3. The van der Waals surface area contributed by atoms with E-state index in [1.165, 1.54) is 20.1 Å². The number of Topliss-reactive ketones (excluding diaryl/α,β-unsaturated/α-hetero) is 1. The molecule has 1 unspecified atom stereocenters. The predicted octanol–water partition coefficient (Wildman–Crippen LogP) is 4.79. The fourth-order valence-corrected chi connectivity index (χ4v) is 3.84. The van der Waals surface area contributed by atoms with E-state index in [1.54, 1.807) is 55.7 Å². The van der Waals surface area contributed by atoms with Crippen LogP contribution in [0.2, 0.25) is 5.02 Å². The number of halogens is 1. The van der Waals surface area contributed by atoms with E-state index in [0.29, 0.717) is 39.4 Å². The molecule has 2 aromatic carbocycles. The summed E-state index contributed by atoms with van der Waals surface area (Å²) >= 11 is 6.22. The number of rotatable bonds is 12. The Hall–Kier alpha value is -4.17. The molecular formula is C29H33ClN4O4. The van der Waals surface area contributed by atoms with Crippen LogP contribution in [-0.4, -0.2) is 56.3 Å². The van der Waals surface area contributed by atoms with Gasteiger partial charge in [-0.05, 0) is 61.9 Å². The topological polar surface area (TPSA) is 114 Å². The molecule has 0 aromatic heterocycles. The van der Waals surface area contributed by atoms with Gasteiger partial charge in [0.25, 0.3) is 0 Å². The molecule has 0 saturated heterocycles. The molecule has 8 nitrogen and oxygen atoms in total. The third-order valence-electron chi connectivity index (χ3n) is 5.67. The van der Waals surface area contributed by atoms with E-state index in [2.05, 4.69) is 10.3 Å². The first-order valence-corrected chi connectivity index (χ1v) is 12.2. The molecule has 1 atom stereocenters. The van der Waals surface area contributed by atoms with Gasteiger partial charge in [0.15, 0.2) is 5.78 Å². The highest BCUT2D eigenvalue weighted by Gasteiger charge is 2.25. The Morgan fingerprint density at radius 1 is 1.16 bits per heavy atom. The first kappa shape index (κ1) is 30.1. The lowest BCUT2D eigenvalue weighted by molar-refractivity contribution is -0.120. The van der Waals surface area contributed by atoms with Gasteiger partial charge in [0, 0.05) is 60.5 Å². The summed E-state index contributed by atoms with van der Waals surface area (Å²) in [5.74, 6) is -0.265. The Morgan fingerprint density at radius 3 is 2.42 bits per heavy atom. The number of ether oxygens (including phenoxy) is 1. The van der Waals surface area contributed by atoms with Crippen LogP contribution in [0, 0.1) is 6.92 Å². The summed E-state index contributed by atoms with van der Waals surface area (Å²) in [7, 11) is 4.75. The SMILES string of the molecule is CN=CC=C(N)CC(C(=O)Nc1ccc(C)cc1)N(C)/C=C(OC)\C(=C/C=O)c1cc(Cl)ccc1C(C)=O. The van der Waals surface area contributed by atoms with Crippen molar-refractivity contribution in [1.29, 1.82) is 0 Å². The summed E-state index contributed by atoms with van der Waals surface area (Å²) in [6, 6.07) is 11.5. The highest BCUT2D eigenvalue weighted by Crippen LogP contribution is 2.30. The second kappa shape index (κ2) is 14.5. The quantitative estimate of drug-likeness (QED) is 0.101. The molecule has 2 aromatic rings. The molecule has 0 aliphatic rings. The number of hydrogen-bond acceptors (Lipinski definition) is 7. The Bertz CT molecular complexity index is 1280. The summed E-state index contributed by atoms with van der Waals surface area (Å²) in [6.07, 6.45) is 6.82. The molecule has 200 valence electrons. The second-order valence-corrected chi connectivity index (χ2v) is 8.99. The molecule has 0 aliphatic carbocycles. The summed E-state index contributed by atoms with van der Waals surface area (Å²) in [5, 5.41) is 3.31. The molecule has 0 heterocycles. The van der Waals surface area contributed by atoms with Gasteiger partial charge in [0.1, 0.15) is 18.1 Å². The zero-order valence-electron chi connectivity index (χ0n) is 22.2. The lowest BCUT2D eigenvalue weighted by atomic mass is 9.95. The number of carbonyl (C=O) groups is 3. The van der Waals surface area contributed by atoms with Gasteiger partial charge in [-0.15, -0.1) is 0 Å². The Morgan fingerprint density at radius 2 is 1.84 bits per heavy atom. The number of nitrogens with zero attached hydrogens (tertiary/aromatic N) is 2. The standard InChI is InChI=1S/C29H33ClN4O4/c1-19-6-9-23(10-7-19)33-29(37)27(17-22(31)12-14-32-3)34(4)18-28(38-5)25(13-15-35)26-16-21(30)8-11-24(26)20(2)36/h6-16,18,27H,17,31H2,1-5H3,(H,33,37)/b22-12?,25-13-,28-18+,32-14?. The van der Waals surface area contributed by atoms with Crippen LogP contribution >= 0.6 is 11.6 Å². The van der Waals surface area contributed by atoms with Crippen molar-refractivity contribution in [2.75, 3.05) is 26.5 Å². The lowest BCUT2D eigenvalue weighted by Gasteiger charge is -2.27. The molecule has 38 heavy (non-hydrogen) atoms. The summed E-state index contributed by atoms with van der Waals surface area (Å²) in [6.45, 7) is 3.38. The number of amides is 1. The van der Waals surface area contributed by atoms with Crippen molar-refractivity contribution in [1.82, 2.24) is 4.90 Å². The van der Waals surface area contributed by atoms with Gasteiger partial charge in [-0.2, -0.15) is 0 Å². The van der Waals surface area contributed by atoms with Gasteiger partial charge in [-0.25, -0.2) is 0 Å². The molecule has 2 rings (SSSR count). The number of allylic oxidation sites excluding steroid dienone is 3. The second-order valence-electron chi connectivity index (χ2n) is 8.55. The van der Waals surface area contributed by atoms with Gasteiger partial charge >= 0.3 is 0 Å². The van der Waals surface area contributed by atoms with Crippen LogP contribution in [0.5, 0.6) is 0 Å². The van der Waals surface area contributed by atoms with E-state index in [-0.39, 0.29) is 23.9 Å².